The van der Waals surface area contributed by atoms with E-state index in [4.69, 9.17) is 19.7 Å². The molecule has 10 atom stereocenters. The Labute approximate surface area is 152 Å². The molecule has 0 radical (unpaired) electrons. The molecule has 2 saturated heterocycles. The lowest BCUT2D eigenvalue weighted by molar-refractivity contribution is -0.245. The molecule has 0 aromatic heterocycles. The van der Waals surface area contributed by atoms with Gasteiger partial charge in [-0.1, -0.05) is 14.4 Å². The second-order valence-corrected chi connectivity index (χ2v) is 6.50. The predicted molar refractivity (Wildman–Crippen MR) is 89.0 cm³/mol. The van der Waals surface area contributed by atoms with E-state index in [1.165, 1.54) is 6.92 Å². The number of aliphatic hydroxyl groups excluding tert-OH is 6. The Morgan fingerprint density at radius 1 is 0.846 bits per heavy atom. The average Bonchev–Trinajstić information content (AvgIpc) is 2.55. The Morgan fingerprint density at radius 3 is 1.81 bits per heavy atom. The van der Waals surface area contributed by atoms with Crippen molar-refractivity contribution in [3.8, 4) is 0 Å². The molecule has 0 amide bonds. The van der Waals surface area contributed by atoms with Crippen LogP contribution in [0.1, 0.15) is 28.2 Å². The number of carbonyl (C=O) groups is 1. The molecule has 156 valence electrons. The molecule has 10 heteroatoms. The molecule has 0 aliphatic carbocycles. The Hall–Kier alpha value is -0.850. The van der Waals surface area contributed by atoms with Crippen molar-refractivity contribution in [2.24, 2.45) is 11.8 Å². The molecule has 2 aliphatic heterocycles. The smallest absolute Gasteiger partial charge is 0.335 e. The van der Waals surface area contributed by atoms with Crippen molar-refractivity contribution in [3.05, 3.63) is 0 Å². The summed E-state index contributed by atoms with van der Waals surface area (Å²) in [5.74, 6) is -1.87. The Bertz CT molecular complexity index is 419. The molecule has 26 heavy (non-hydrogen) atoms. The quantitative estimate of drug-likeness (QED) is 0.279. The number of carboxylic acids is 1. The number of aliphatic hydroxyl groups is 6. The fourth-order valence-electron chi connectivity index (χ4n) is 2.82. The summed E-state index contributed by atoms with van der Waals surface area (Å²) >= 11 is 0. The topological polar surface area (TPSA) is 177 Å². The number of rotatable bonds is 2. The van der Waals surface area contributed by atoms with E-state index in [2.05, 4.69) is 0 Å². The van der Waals surface area contributed by atoms with Crippen LogP contribution in [0.3, 0.4) is 0 Å². The van der Waals surface area contributed by atoms with Gasteiger partial charge in [0.15, 0.2) is 12.4 Å². The molecule has 2 heterocycles. The van der Waals surface area contributed by atoms with E-state index in [-0.39, 0.29) is 25.9 Å². The van der Waals surface area contributed by atoms with Crippen LogP contribution in [0.4, 0.5) is 0 Å². The lowest BCUT2D eigenvalue weighted by Gasteiger charge is -2.39. The molecule has 0 bridgehead atoms. The molecular weight excluding hydrogens is 352 g/mol. The van der Waals surface area contributed by atoms with E-state index in [0.717, 1.165) is 0 Å². The molecule has 2 fully saturated rings. The third-order valence-corrected chi connectivity index (χ3v) is 4.71. The van der Waals surface area contributed by atoms with Crippen LogP contribution < -0.4 is 0 Å². The molecule has 10 nitrogen and oxygen atoms in total. The van der Waals surface area contributed by atoms with Gasteiger partial charge in [-0.05, 0) is 13.8 Å². The molecule has 0 spiro atoms. The van der Waals surface area contributed by atoms with Gasteiger partial charge in [-0.3, -0.25) is 0 Å². The molecular formula is C16H32O10. The van der Waals surface area contributed by atoms with Gasteiger partial charge in [-0.15, -0.1) is 0 Å². The van der Waals surface area contributed by atoms with Crippen LogP contribution in [0.2, 0.25) is 0 Å². The minimum absolute atomic E-state index is 0. The van der Waals surface area contributed by atoms with Crippen molar-refractivity contribution in [1.82, 2.24) is 0 Å². The molecule has 10 unspecified atom stereocenters. The monoisotopic (exact) mass is 384 g/mol. The summed E-state index contributed by atoms with van der Waals surface area (Å²) in [5.41, 5.74) is 0. The zero-order chi connectivity index (χ0) is 19.5. The largest absolute Gasteiger partial charge is 0.479 e. The summed E-state index contributed by atoms with van der Waals surface area (Å²) in [6.07, 6.45) is -8.59. The van der Waals surface area contributed by atoms with Gasteiger partial charge in [0.1, 0.15) is 18.3 Å². The van der Waals surface area contributed by atoms with Crippen LogP contribution >= 0.6 is 0 Å². The van der Waals surface area contributed by atoms with Gasteiger partial charge in [-0.25, -0.2) is 4.79 Å². The highest BCUT2D eigenvalue weighted by Crippen LogP contribution is 2.29. The minimum atomic E-state index is -1.59. The van der Waals surface area contributed by atoms with Crippen LogP contribution in [-0.4, -0.2) is 97.3 Å². The van der Waals surface area contributed by atoms with Crippen LogP contribution in [-0.2, 0) is 14.3 Å². The third kappa shape index (κ3) is 5.57. The lowest BCUT2D eigenvalue weighted by atomic mass is 9.84. The van der Waals surface area contributed by atoms with Crippen LogP contribution in [0.15, 0.2) is 0 Å². The number of aliphatic carboxylic acids is 1. The van der Waals surface area contributed by atoms with Crippen molar-refractivity contribution in [2.75, 3.05) is 6.61 Å². The van der Waals surface area contributed by atoms with Gasteiger partial charge in [0.05, 0.1) is 18.3 Å². The highest BCUT2D eigenvalue weighted by Gasteiger charge is 2.45. The van der Waals surface area contributed by atoms with E-state index in [1.807, 2.05) is 0 Å². The number of ether oxygens (including phenoxy) is 2. The van der Waals surface area contributed by atoms with Crippen molar-refractivity contribution in [3.63, 3.8) is 0 Å². The van der Waals surface area contributed by atoms with Crippen LogP contribution in [0, 0.1) is 11.8 Å². The van der Waals surface area contributed by atoms with Crippen molar-refractivity contribution in [2.45, 2.75) is 77.2 Å². The van der Waals surface area contributed by atoms with Crippen molar-refractivity contribution in [1.29, 1.82) is 0 Å². The zero-order valence-electron chi connectivity index (χ0n) is 14.3. The van der Waals surface area contributed by atoms with Crippen LogP contribution in [0.5, 0.6) is 0 Å². The molecule has 2 aliphatic rings. The van der Waals surface area contributed by atoms with Crippen molar-refractivity contribution < 1.29 is 50.0 Å². The van der Waals surface area contributed by atoms with Gasteiger partial charge in [0.2, 0.25) is 0 Å². The Balaban J connectivity index is 0.000000464. The normalized spacial score (nSPS) is 45.7. The first kappa shape index (κ1) is 25.1. The molecule has 7 N–H and O–H groups in total. The van der Waals surface area contributed by atoms with Gasteiger partial charge >= 0.3 is 5.97 Å². The zero-order valence-corrected chi connectivity index (χ0v) is 14.3. The van der Waals surface area contributed by atoms with Gasteiger partial charge in [-0.2, -0.15) is 0 Å². The minimum Gasteiger partial charge on any atom is -0.479 e. The Morgan fingerprint density at radius 2 is 1.35 bits per heavy atom. The van der Waals surface area contributed by atoms with E-state index < -0.39 is 55.0 Å². The fourth-order valence-corrected chi connectivity index (χ4v) is 2.82. The summed E-state index contributed by atoms with van der Waals surface area (Å²) in [5, 5.41) is 63.9. The van der Waals surface area contributed by atoms with Crippen molar-refractivity contribution >= 4 is 5.97 Å². The van der Waals surface area contributed by atoms with E-state index in [9.17, 15) is 30.3 Å². The van der Waals surface area contributed by atoms with Gasteiger partial charge in [0, 0.05) is 18.4 Å². The Kier molecular flexibility index (Phi) is 10.1. The third-order valence-electron chi connectivity index (χ3n) is 4.71. The van der Waals surface area contributed by atoms with Crippen LogP contribution in [0.25, 0.3) is 0 Å². The van der Waals surface area contributed by atoms with E-state index in [1.54, 1.807) is 13.8 Å². The number of hydrogen-bond donors (Lipinski definition) is 7. The second-order valence-electron chi connectivity index (χ2n) is 6.50. The summed E-state index contributed by atoms with van der Waals surface area (Å²) < 4.78 is 9.82. The maximum absolute atomic E-state index is 10.5. The second kappa shape index (κ2) is 10.5. The highest BCUT2D eigenvalue weighted by atomic mass is 16.6. The predicted octanol–water partition coefficient (Wildman–Crippen LogP) is -2.09. The van der Waals surface area contributed by atoms with E-state index >= 15 is 0 Å². The lowest BCUT2D eigenvalue weighted by Crippen LogP contribution is -2.58. The summed E-state index contributed by atoms with van der Waals surface area (Å²) in [4.78, 5) is 10.5. The SMILES string of the molecule is C.CC1OC(C(=O)O)C(O)C(O)C1O.CC1OC(O)C(C)C(CO)C1O. The molecule has 2 rings (SSSR count). The fraction of sp³-hybridized carbons (Fsp3) is 0.938. The summed E-state index contributed by atoms with van der Waals surface area (Å²) in [6.45, 7) is 4.74. The maximum Gasteiger partial charge on any atom is 0.335 e. The van der Waals surface area contributed by atoms with Gasteiger partial charge < -0.3 is 45.2 Å². The standard InChI is InChI=1S/C8H16O4.C7H12O6.CH4/c1-4-6(3-9)7(10)5(2)12-8(4)11;1-2-3(8)4(9)5(10)6(13-2)7(11)12;/h4-11H,3H2,1-2H3;2-6,8-10H,1H3,(H,11,12);1H4. The maximum atomic E-state index is 10.5. The number of hydrogen-bond acceptors (Lipinski definition) is 9. The summed E-state index contributed by atoms with van der Waals surface area (Å²) in [7, 11) is 0. The first-order chi connectivity index (χ1) is 11.5. The first-order valence-electron chi connectivity index (χ1n) is 8.07. The molecule has 0 aromatic carbocycles. The number of carboxylic acid groups (broad SMARTS) is 1. The average molecular weight is 384 g/mol. The molecule has 0 saturated carbocycles. The van der Waals surface area contributed by atoms with Gasteiger partial charge in [0.25, 0.3) is 0 Å². The van der Waals surface area contributed by atoms with E-state index in [0.29, 0.717) is 0 Å². The molecule has 0 aromatic rings. The highest BCUT2D eigenvalue weighted by molar-refractivity contribution is 5.73. The first-order valence-corrected chi connectivity index (χ1v) is 8.07. The summed E-state index contributed by atoms with van der Waals surface area (Å²) in [6, 6.07) is 0.